The normalized spacial score (nSPS) is 16.2. The molecule has 0 saturated carbocycles. The summed E-state index contributed by atoms with van der Waals surface area (Å²) >= 11 is 0. The molecule has 0 N–H and O–H groups in total. The van der Waals surface area contributed by atoms with Crippen molar-refractivity contribution in [3.05, 3.63) is 66.4 Å². The van der Waals surface area contributed by atoms with E-state index in [1.165, 1.54) is 6.42 Å². The summed E-state index contributed by atoms with van der Waals surface area (Å²) in [6, 6.07) is 11.5. The quantitative estimate of drug-likeness (QED) is 0.380. The second-order valence-corrected chi connectivity index (χ2v) is 9.27. The first-order valence-electron chi connectivity index (χ1n) is 11.8. The zero-order valence-corrected chi connectivity index (χ0v) is 20.3. The molecule has 8 nitrogen and oxygen atoms in total. The molecule has 0 bridgehead atoms. The molecule has 0 aliphatic carbocycles. The Kier molecular flexibility index (Phi) is 6.34. The lowest BCUT2D eigenvalue weighted by Gasteiger charge is -2.29. The lowest BCUT2D eigenvalue weighted by molar-refractivity contribution is 0.148. The number of hydrogen-bond acceptors (Lipinski definition) is 6. The highest BCUT2D eigenvalue weighted by atomic mass is 16.5. The number of anilines is 1. The number of ether oxygens (including phenoxy) is 1. The number of fused-ring (bicyclic) bond motifs is 1. The summed E-state index contributed by atoms with van der Waals surface area (Å²) in [5, 5.41) is 0. The fourth-order valence-corrected chi connectivity index (χ4v) is 4.63. The van der Waals surface area contributed by atoms with Crippen LogP contribution in [0.25, 0.3) is 33.0 Å². The Labute approximate surface area is 205 Å². The molecule has 1 saturated heterocycles. The van der Waals surface area contributed by atoms with Crippen molar-refractivity contribution in [2.45, 2.75) is 12.8 Å². The van der Waals surface area contributed by atoms with Gasteiger partial charge in [-0.15, -0.1) is 0 Å². The van der Waals surface area contributed by atoms with Crippen molar-refractivity contribution in [1.82, 2.24) is 24.3 Å². The number of piperidine rings is 1. The van der Waals surface area contributed by atoms with Gasteiger partial charge in [-0.05, 0) is 44.1 Å². The van der Waals surface area contributed by atoms with Crippen LogP contribution in [0, 0.1) is 12.5 Å². The molecule has 1 atom stereocenters. The highest BCUT2D eigenvalue weighted by Gasteiger charge is 2.22. The van der Waals surface area contributed by atoms with E-state index < -0.39 is 0 Å². The average molecular weight is 468 g/mol. The van der Waals surface area contributed by atoms with Crippen molar-refractivity contribution in [3.63, 3.8) is 0 Å². The van der Waals surface area contributed by atoms with E-state index in [4.69, 9.17) is 16.3 Å². The van der Waals surface area contributed by atoms with Gasteiger partial charge in [0.05, 0.1) is 24.6 Å². The van der Waals surface area contributed by atoms with E-state index in [1.54, 1.807) is 6.20 Å². The van der Waals surface area contributed by atoms with Gasteiger partial charge in [-0.2, -0.15) is 0 Å². The summed E-state index contributed by atoms with van der Waals surface area (Å²) in [4.78, 5) is 22.1. The van der Waals surface area contributed by atoms with Gasteiger partial charge in [-0.25, -0.2) is 19.8 Å². The van der Waals surface area contributed by atoms with Crippen LogP contribution in [0.4, 0.5) is 11.5 Å². The Hall–Kier alpha value is -3.96. The minimum atomic E-state index is 0.467. The van der Waals surface area contributed by atoms with Gasteiger partial charge in [0.15, 0.2) is 5.69 Å². The molecule has 35 heavy (non-hydrogen) atoms. The third-order valence-corrected chi connectivity index (χ3v) is 6.44. The largest absolute Gasteiger partial charge is 0.475 e. The Balaban J connectivity index is 1.61. The molecule has 8 heteroatoms. The number of hydrogen-bond donors (Lipinski definition) is 0. The van der Waals surface area contributed by atoms with Gasteiger partial charge < -0.3 is 14.5 Å². The molecule has 1 aliphatic heterocycles. The van der Waals surface area contributed by atoms with E-state index in [9.17, 15) is 0 Å². The first kappa shape index (κ1) is 22.8. The van der Waals surface area contributed by atoms with Gasteiger partial charge >= 0.3 is 0 Å². The van der Waals surface area contributed by atoms with Crippen molar-refractivity contribution in [2.75, 3.05) is 45.7 Å². The van der Waals surface area contributed by atoms with E-state index >= 15 is 0 Å². The number of likely N-dealkylation sites (tertiary alicyclic amines) is 1. The summed E-state index contributed by atoms with van der Waals surface area (Å²) in [5.74, 6) is 1.87. The number of benzene rings is 1. The smallest absolute Gasteiger partial charge is 0.259 e. The van der Waals surface area contributed by atoms with Crippen molar-refractivity contribution >= 4 is 17.2 Å². The summed E-state index contributed by atoms with van der Waals surface area (Å²) in [7, 11) is 6.10. The molecule has 0 amide bonds. The van der Waals surface area contributed by atoms with Crippen LogP contribution in [0.1, 0.15) is 12.8 Å². The molecule has 0 spiro atoms. The standard InChI is InChI=1S/C27H29N7O/c1-28-22-10-7-20(8-11-22)24-25(21-9-12-23(30-16-21)32(2)3)34-15-13-29-26(34)27(31-24)35-18-19-6-5-14-33(4)17-19/h7-13,15-16,19H,5-6,14,17-18H2,2-4H3/t19-/m1/s1. The predicted octanol–water partition coefficient (Wildman–Crippen LogP) is 4.80. The highest BCUT2D eigenvalue weighted by molar-refractivity contribution is 5.82. The van der Waals surface area contributed by atoms with E-state index in [0.29, 0.717) is 29.7 Å². The topological polar surface area (TPSA) is 63.1 Å². The van der Waals surface area contributed by atoms with Crippen LogP contribution >= 0.6 is 0 Å². The van der Waals surface area contributed by atoms with Crippen molar-refractivity contribution in [1.29, 1.82) is 0 Å². The van der Waals surface area contributed by atoms with Crippen LogP contribution in [0.5, 0.6) is 5.88 Å². The summed E-state index contributed by atoms with van der Waals surface area (Å²) in [6.07, 6.45) is 7.91. The third kappa shape index (κ3) is 4.68. The zero-order chi connectivity index (χ0) is 24.4. The fourth-order valence-electron chi connectivity index (χ4n) is 4.63. The van der Waals surface area contributed by atoms with Gasteiger partial charge in [0.1, 0.15) is 5.82 Å². The number of rotatable bonds is 6. The Morgan fingerprint density at radius 3 is 2.60 bits per heavy atom. The van der Waals surface area contributed by atoms with Gasteiger partial charge in [0.25, 0.3) is 5.88 Å². The van der Waals surface area contributed by atoms with Crippen LogP contribution in [0.2, 0.25) is 0 Å². The molecule has 1 fully saturated rings. The summed E-state index contributed by atoms with van der Waals surface area (Å²) in [6.45, 7) is 10.1. The SMILES string of the molecule is [C-]#[N+]c1ccc(-c2nc(OC[C@@H]3CCCN(C)C3)c3nccn3c2-c2ccc(N(C)C)nc2)cc1. The lowest BCUT2D eigenvalue weighted by atomic mass is 10.00. The minimum Gasteiger partial charge on any atom is -0.475 e. The van der Waals surface area contributed by atoms with Crippen molar-refractivity contribution in [2.24, 2.45) is 5.92 Å². The Morgan fingerprint density at radius 2 is 1.91 bits per heavy atom. The molecule has 4 heterocycles. The number of imidazole rings is 1. The molecular weight excluding hydrogens is 438 g/mol. The van der Waals surface area contributed by atoms with Crippen molar-refractivity contribution < 1.29 is 4.74 Å². The molecule has 5 rings (SSSR count). The maximum absolute atomic E-state index is 7.30. The van der Waals surface area contributed by atoms with Gasteiger partial charge in [-0.1, -0.05) is 24.3 Å². The minimum absolute atomic E-state index is 0.467. The molecule has 3 aromatic heterocycles. The molecule has 178 valence electrons. The molecule has 1 aromatic carbocycles. The second kappa shape index (κ2) is 9.72. The van der Waals surface area contributed by atoms with Crippen LogP contribution in [-0.2, 0) is 0 Å². The predicted molar refractivity (Wildman–Crippen MR) is 138 cm³/mol. The van der Waals surface area contributed by atoms with E-state index in [2.05, 4.69) is 26.8 Å². The fraction of sp³-hybridized carbons (Fsp3) is 0.333. The van der Waals surface area contributed by atoms with Crippen molar-refractivity contribution in [3.8, 4) is 28.4 Å². The van der Waals surface area contributed by atoms with Gasteiger partial charge in [0.2, 0.25) is 5.65 Å². The number of pyridine rings is 1. The van der Waals surface area contributed by atoms with Gasteiger partial charge in [0, 0.05) is 50.7 Å². The third-order valence-electron chi connectivity index (χ3n) is 6.44. The zero-order valence-electron chi connectivity index (χ0n) is 20.3. The van der Waals surface area contributed by atoms with Crippen LogP contribution in [0.15, 0.2) is 55.0 Å². The van der Waals surface area contributed by atoms with Crippen LogP contribution < -0.4 is 9.64 Å². The summed E-state index contributed by atoms with van der Waals surface area (Å²) < 4.78 is 8.35. The molecular formula is C27H29N7O. The highest BCUT2D eigenvalue weighted by Crippen LogP contribution is 2.35. The van der Waals surface area contributed by atoms with Crippen LogP contribution in [0.3, 0.4) is 0 Å². The monoisotopic (exact) mass is 467 g/mol. The molecule has 1 aliphatic rings. The Morgan fingerprint density at radius 1 is 1.11 bits per heavy atom. The summed E-state index contributed by atoms with van der Waals surface area (Å²) in [5.41, 5.74) is 4.76. The molecule has 0 unspecified atom stereocenters. The molecule has 4 aromatic rings. The van der Waals surface area contributed by atoms with E-state index in [0.717, 1.165) is 47.8 Å². The van der Waals surface area contributed by atoms with E-state index in [1.807, 2.05) is 72.2 Å². The first-order chi connectivity index (χ1) is 17.0. The van der Waals surface area contributed by atoms with Gasteiger partial charge in [-0.3, -0.25) is 4.40 Å². The molecule has 0 radical (unpaired) electrons. The maximum atomic E-state index is 7.30. The number of nitrogens with zero attached hydrogens (tertiary/aromatic N) is 7. The first-order valence-corrected chi connectivity index (χ1v) is 11.8. The maximum Gasteiger partial charge on any atom is 0.259 e. The second-order valence-electron chi connectivity index (χ2n) is 9.27. The number of aromatic nitrogens is 4. The lowest BCUT2D eigenvalue weighted by Crippen LogP contribution is -2.34. The Bertz CT molecular complexity index is 1350. The average Bonchev–Trinajstić information content (AvgIpc) is 3.37. The van der Waals surface area contributed by atoms with Crippen LogP contribution in [-0.4, -0.2) is 65.1 Å². The van der Waals surface area contributed by atoms with E-state index in [-0.39, 0.29) is 0 Å².